The second-order valence-corrected chi connectivity index (χ2v) is 4.76. The van der Waals surface area contributed by atoms with Crippen LogP contribution in [-0.4, -0.2) is 24.0 Å². The Hall–Kier alpha value is -2.36. The highest BCUT2D eigenvalue weighted by atomic mass is 16.6. The topological polar surface area (TPSA) is 48.4 Å². The minimum Gasteiger partial charge on any atom is -0.486 e. The van der Waals surface area contributed by atoms with Gasteiger partial charge in [0, 0.05) is 23.9 Å². The van der Waals surface area contributed by atoms with E-state index in [1.807, 2.05) is 19.1 Å². The van der Waals surface area contributed by atoms with Gasteiger partial charge in [-0.05, 0) is 42.8 Å². The number of aryl methyl sites for hydroxylation is 1. The summed E-state index contributed by atoms with van der Waals surface area (Å²) in [5.74, 6) is 1.41. The van der Waals surface area contributed by atoms with E-state index in [9.17, 15) is 4.79 Å². The maximum atomic E-state index is 12.3. The number of carbonyl (C=O) groups is 1. The summed E-state index contributed by atoms with van der Waals surface area (Å²) in [7, 11) is 0. The lowest BCUT2D eigenvalue weighted by molar-refractivity contribution is 0.0991. The number of hydrogen-bond acceptors (Lipinski definition) is 4. The zero-order valence-corrected chi connectivity index (χ0v) is 11.3. The lowest BCUT2D eigenvalue weighted by atomic mass is 10.0. The summed E-state index contributed by atoms with van der Waals surface area (Å²) >= 11 is 0. The van der Waals surface area contributed by atoms with Crippen molar-refractivity contribution in [2.75, 3.05) is 13.2 Å². The summed E-state index contributed by atoms with van der Waals surface area (Å²) < 4.78 is 10.9. The average Bonchev–Trinajstić information content (AvgIpc) is 2.47. The van der Waals surface area contributed by atoms with E-state index in [1.54, 1.807) is 24.4 Å². The van der Waals surface area contributed by atoms with Crippen LogP contribution < -0.4 is 9.47 Å². The second kappa shape index (κ2) is 5.33. The number of Topliss-reactive ketones (excluding diaryl/α,β-unsaturated/α-hetero) is 1. The number of fused-ring (bicyclic) bond motifs is 1. The van der Waals surface area contributed by atoms with Gasteiger partial charge >= 0.3 is 0 Å². The Bertz CT molecular complexity index is 652. The van der Waals surface area contributed by atoms with Crippen LogP contribution in [0.2, 0.25) is 0 Å². The molecule has 3 rings (SSSR count). The number of nitrogens with zero attached hydrogens (tertiary/aromatic N) is 1. The van der Waals surface area contributed by atoms with Crippen molar-refractivity contribution >= 4 is 5.78 Å². The van der Waals surface area contributed by atoms with Crippen LogP contribution in [0, 0.1) is 6.92 Å². The van der Waals surface area contributed by atoms with Crippen LogP contribution in [0.1, 0.15) is 21.6 Å². The smallest absolute Gasteiger partial charge is 0.167 e. The first-order valence-electron chi connectivity index (χ1n) is 6.57. The summed E-state index contributed by atoms with van der Waals surface area (Å²) in [6, 6.07) is 9.12. The molecule has 2 aromatic rings. The molecule has 2 heterocycles. The van der Waals surface area contributed by atoms with Gasteiger partial charge < -0.3 is 9.47 Å². The molecule has 0 saturated heterocycles. The summed E-state index contributed by atoms with van der Waals surface area (Å²) in [5.41, 5.74) is 2.53. The Morgan fingerprint density at radius 3 is 2.75 bits per heavy atom. The van der Waals surface area contributed by atoms with Crippen LogP contribution in [0.25, 0.3) is 0 Å². The summed E-state index contributed by atoms with van der Waals surface area (Å²) in [6.45, 7) is 2.99. The van der Waals surface area contributed by atoms with Gasteiger partial charge in [-0.1, -0.05) is 0 Å². The lowest BCUT2D eigenvalue weighted by Crippen LogP contribution is -2.16. The monoisotopic (exact) mass is 269 g/mol. The number of ether oxygens (including phenoxy) is 2. The van der Waals surface area contributed by atoms with Crippen molar-refractivity contribution in [2.24, 2.45) is 0 Å². The van der Waals surface area contributed by atoms with Crippen molar-refractivity contribution < 1.29 is 14.3 Å². The van der Waals surface area contributed by atoms with E-state index in [2.05, 4.69) is 4.98 Å². The summed E-state index contributed by atoms with van der Waals surface area (Å²) in [6.07, 6.45) is 2.09. The molecule has 20 heavy (non-hydrogen) atoms. The largest absolute Gasteiger partial charge is 0.486 e. The molecule has 1 aromatic carbocycles. The number of rotatable bonds is 3. The standard InChI is InChI=1S/C16H15NO3/c1-11-8-12(4-5-17-11)9-14(18)13-2-3-15-16(10-13)20-7-6-19-15/h2-5,8,10H,6-7,9H2,1H3. The first kappa shape index (κ1) is 12.7. The van der Waals surface area contributed by atoms with Crippen molar-refractivity contribution in [3.05, 3.63) is 53.3 Å². The molecule has 1 aliphatic heterocycles. The highest BCUT2D eigenvalue weighted by Gasteiger charge is 2.15. The van der Waals surface area contributed by atoms with Gasteiger partial charge in [0.05, 0.1) is 0 Å². The van der Waals surface area contributed by atoms with Crippen molar-refractivity contribution in [1.29, 1.82) is 0 Å². The first-order chi connectivity index (χ1) is 9.72. The molecule has 4 nitrogen and oxygen atoms in total. The fourth-order valence-corrected chi connectivity index (χ4v) is 2.22. The Balaban J connectivity index is 1.80. The molecule has 1 aromatic heterocycles. The third-order valence-corrected chi connectivity index (χ3v) is 3.19. The molecule has 0 spiro atoms. The van der Waals surface area contributed by atoms with Crippen LogP contribution in [0.5, 0.6) is 11.5 Å². The van der Waals surface area contributed by atoms with E-state index >= 15 is 0 Å². The van der Waals surface area contributed by atoms with Crippen molar-refractivity contribution in [1.82, 2.24) is 4.98 Å². The first-order valence-corrected chi connectivity index (χ1v) is 6.57. The molecule has 0 fully saturated rings. The van der Waals surface area contributed by atoms with E-state index in [1.165, 1.54) is 0 Å². The Morgan fingerprint density at radius 1 is 1.15 bits per heavy atom. The van der Waals surface area contributed by atoms with Gasteiger partial charge in [-0.3, -0.25) is 9.78 Å². The Morgan fingerprint density at radius 2 is 1.95 bits per heavy atom. The zero-order chi connectivity index (χ0) is 13.9. The van der Waals surface area contributed by atoms with E-state index in [0.717, 1.165) is 11.3 Å². The third kappa shape index (κ3) is 2.64. The molecular formula is C16H15NO3. The maximum absolute atomic E-state index is 12.3. The predicted octanol–water partition coefficient (Wildman–Crippen LogP) is 2.59. The Kier molecular flexibility index (Phi) is 3.37. The highest BCUT2D eigenvalue weighted by Crippen LogP contribution is 2.31. The van der Waals surface area contributed by atoms with Crippen LogP contribution >= 0.6 is 0 Å². The van der Waals surface area contributed by atoms with Crippen LogP contribution in [0.3, 0.4) is 0 Å². The van der Waals surface area contributed by atoms with Crippen molar-refractivity contribution in [3.63, 3.8) is 0 Å². The number of benzene rings is 1. The minimum absolute atomic E-state index is 0.0626. The number of carbonyl (C=O) groups excluding carboxylic acids is 1. The van der Waals surface area contributed by atoms with Crippen LogP contribution in [-0.2, 0) is 6.42 Å². The molecule has 1 aliphatic rings. The lowest BCUT2D eigenvalue weighted by Gasteiger charge is -2.18. The molecule has 102 valence electrons. The SMILES string of the molecule is Cc1cc(CC(=O)c2ccc3c(c2)OCCO3)ccn1. The third-order valence-electron chi connectivity index (χ3n) is 3.19. The fourth-order valence-electron chi connectivity index (χ4n) is 2.22. The predicted molar refractivity (Wildman–Crippen MR) is 74.4 cm³/mol. The normalized spacial score (nSPS) is 13.1. The van der Waals surface area contributed by atoms with Gasteiger partial charge in [0.25, 0.3) is 0 Å². The molecule has 0 atom stereocenters. The van der Waals surface area contributed by atoms with Crippen molar-refractivity contribution in [3.8, 4) is 11.5 Å². The Labute approximate surface area is 117 Å². The molecule has 0 aliphatic carbocycles. The molecule has 0 saturated carbocycles. The average molecular weight is 269 g/mol. The maximum Gasteiger partial charge on any atom is 0.167 e. The van der Waals surface area contributed by atoms with Crippen LogP contribution in [0.15, 0.2) is 36.5 Å². The van der Waals surface area contributed by atoms with Gasteiger partial charge in [-0.25, -0.2) is 0 Å². The van der Waals surface area contributed by atoms with Gasteiger partial charge in [0.15, 0.2) is 17.3 Å². The number of pyridine rings is 1. The molecule has 0 bridgehead atoms. The summed E-state index contributed by atoms with van der Waals surface area (Å²) in [5, 5.41) is 0. The second-order valence-electron chi connectivity index (χ2n) is 4.76. The number of aromatic nitrogens is 1. The minimum atomic E-state index is 0.0626. The van der Waals surface area contributed by atoms with E-state index < -0.39 is 0 Å². The number of ketones is 1. The molecule has 0 unspecified atom stereocenters. The van der Waals surface area contributed by atoms with E-state index in [0.29, 0.717) is 36.7 Å². The van der Waals surface area contributed by atoms with Crippen LogP contribution in [0.4, 0.5) is 0 Å². The molecule has 0 radical (unpaired) electrons. The van der Waals surface area contributed by atoms with Gasteiger partial charge in [-0.2, -0.15) is 0 Å². The molecule has 0 N–H and O–H groups in total. The van der Waals surface area contributed by atoms with Gasteiger partial charge in [0.1, 0.15) is 13.2 Å². The van der Waals surface area contributed by atoms with E-state index in [4.69, 9.17) is 9.47 Å². The number of hydrogen-bond donors (Lipinski definition) is 0. The van der Waals surface area contributed by atoms with E-state index in [-0.39, 0.29) is 5.78 Å². The highest BCUT2D eigenvalue weighted by molar-refractivity contribution is 5.98. The molecule has 4 heteroatoms. The zero-order valence-electron chi connectivity index (χ0n) is 11.3. The molecule has 0 amide bonds. The quantitative estimate of drug-likeness (QED) is 0.804. The van der Waals surface area contributed by atoms with Gasteiger partial charge in [-0.15, -0.1) is 0 Å². The van der Waals surface area contributed by atoms with Gasteiger partial charge in [0.2, 0.25) is 0 Å². The van der Waals surface area contributed by atoms with Crippen molar-refractivity contribution in [2.45, 2.75) is 13.3 Å². The fraction of sp³-hybridized carbons (Fsp3) is 0.250. The summed E-state index contributed by atoms with van der Waals surface area (Å²) in [4.78, 5) is 16.4. The molecular weight excluding hydrogens is 254 g/mol.